The molecule has 0 saturated heterocycles. The van der Waals surface area contributed by atoms with Crippen LogP contribution in [0.1, 0.15) is 17.5 Å². The Balaban J connectivity index is 1.97. The van der Waals surface area contributed by atoms with Gasteiger partial charge in [-0.3, -0.25) is 4.68 Å². The average molecular weight is 272 g/mol. The lowest BCUT2D eigenvalue weighted by Crippen LogP contribution is -1.84. The van der Waals surface area contributed by atoms with Crippen LogP contribution >= 0.6 is 11.8 Å². The van der Waals surface area contributed by atoms with E-state index in [1.165, 1.54) is 10.5 Å². The predicted octanol–water partition coefficient (Wildman–Crippen LogP) is 2.45. The molecule has 0 radical (unpaired) electrons. The fourth-order valence-electron chi connectivity index (χ4n) is 1.60. The van der Waals surface area contributed by atoms with E-state index in [0.717, 1.165) is 11.3 Å². The zero-order chi connectivity index (χ0) is 13.5. The van der Waals surface area contributed by atoms with E-state index in [-0.39, 0.29) is 6.61 Å². The third-order valence-electron chi connectivity index (χ3n) is 2.48. The van der Waals surface area contributed by atoms with E-state index in [1.807, 2.05) is 31.6 Å². The number of hydrogen-bond acceptors (Lipinski definition) is 3. The third-order valence-corrected chi connectivity index (χ3v) is 3.51. The first-order valence-corrected chi connectivity index (χ1v) is 7.06. The molecule has 1 aromatic carbocycles. The zero-order valence-corrected chi connectivity index (χ0v) is 11.7. The molecule has 19 heavy (non-hydrogen) atoms. The van der Waals surface area contributed by atoms with Crippen molar-refractivity contribution in [1.82, 2.24) is 9.78 Å². The van der Waals surface area contributed by atoms with Gasteiger partial charge in [-0.1, -0.05) is 24.0 Å². The number of thioether (sulfide) groups is 1. The first-order chi connectivity index (χ1) is 9.28. The van der Waals surface area contributed by atoms with Gasteiger partial charge in [-0.05, 0) is 17.7 Å². The molecule has 0 fully saturated rings. The lowest BCUT2D eigenvalue weighted by molar-refractivity contribution is 0.305. The maximum atomic E-state index is 8.70. The molecule has 0 unspecified atom stereocenters. The van der Waals surface area contributed by atoms with Crippen LogP contribution in [0.2, 0.25) is 0 Å². The zero-order valence-electron chi connectivity index (χ0n) is 10.8. The first-order valence-electron chi connectivity index (χ1n) is 6.08. The van der Waals surface area contributed by atoms with Gasteiger partial charge in [-0.25, -0.2) is 0 Å². The number of aliphatic hydroxyl groups is 1. The van der Waals surface area contributed by atoms with Gasteiger partial charge in [0.2, 0.25) is 0 Å². The van der Waals surface area contributed by atoms with Crippen LogP contribution in [0.3, 0.4) is 0 Å². The molecule has 2 rings (SSSR count). The van der Waals surface area contributed by atoms with E-state index in [1.54, 1.807) is 16.4 Å². The Morgan fingerprint density at radius 1 is 1.42 bits per heavy atom. The van der Waals surface area contributed by atoms with E-state index in [4.69, 9.17) is 5.11 Å². The maximum absolute atomic E-state index is 8.70. The molecule has 0 aliphatic rings. The average Bonchev–Trinajstić information content (AvgIpc) is 2.83. The molecule has 0 amide bonds. The molecule has 0 bridgehead atoms. The van der Waals surface area contributed by atoms with E-state index in [0.29, 0.717) is 6.42 Å². The Kier molecular flexibility index (Phi) is 5.08. The second-order valence-electron chi connectivity index (χ2n) is 4.11. The van der Waals surface area contributed by atoms with Crippen molar-refractivity contribution < 1.29 is 5.11 Å². The normalized spacial score (nSPS) is 10.0. The molecular weight excluding hydrogens is 256 g/mol. The summed E-state index contributed by atoms with van der Waals surface area (Å²) in [5, 5.41) is 12.8. The topological polar surface area (TPSA) is 38.0 Å². The molecule has 0 saturated carbocycles. The van der Waals surface area contributed by atoms with Crippen molar-refractivity contribution in [1.29, 1.82) is 0 Å². The lowest BCUT2D eigenvalue weighted by Gasteiger charge is -2.00. The van der Waals surface area contributed by atoms with E-state index in [9.17, 15) is 0 Å². The summed E-state index contributed by atoms with van der Waals surface area (Å²) in [6.45, 7) is 0.115. The Morgan fingerprint density at radius 2 is 2.32 bits per heavy atom. The first kappa shape index (κ1) is 13.7. The smallest absolute Gasteiger partial charge is 0.0625 e. The molecule has 4 heteroatoms. The summed E-state index contributed by atoms with van der Waals surface area (Å²) < 4.78 is 1.80. The Hall–Kier alpha value is -1.70. The third kappa shape index (κ3) is 4.47. The summed E-state index contributed by atoms with van der Waals surface area (Å²) in [5.41, 5.74) is 2.24. The number of aromatic nitrogens is 2. The second kappa shape index (κ2) is 7.03. The van der Waals surface area contributed by atoms with Crippen LogP contribution in [-0.2, 0) is 12.8 Å². The van der Waals surface area contributed by atoms with Gasteiger partial charge in [0.05, 0.1) is 12.8 Å². The van der Waals surface area contributed by atoms with Gasteiger partial charge in [-0.15, -0.1) is 11.8 Å². The SMILES string of the molecule is Cn1cc(SCc2cccc(C#CCCO)c2)cn1. The second-order valence-corrected chi connectivity index (χ2v) is 5.16. The van der Waals surface area contributed by atoms with Crippen LogP contribution in [0.4, 0.5) is 0 Å². The van der Waals surface area contributed by atoms with Crippen molar-refractivity contribution in [2.75, 3.05) is 6.61 Å². The lowest BCUT2D eigenvalue weighted by atomic mass is 10.1. The largest absolute Gasteiger partial charge is 0.395 e. The molecule has 1 aromatic heterocycles. The van der Waals surface area contributed by atoms with Crippen molar-refractivity contribution >= 4 is 11.8 Å². The highest BCUT2D eigenvalue weighted by Gasteiger charge is 1.99. The number of nitrogens with zero attached hydrogens (tertiary/aromatic N) is 2. The number of aliphatic hydroxyl groups excluding tert-OH is 1. The number of hydrogen-bond donors (Lipinski definition) is 1. The molecule has 98 valence electrons. The number of aryl methyl sites for hydroxylation is 1. The van der Waals surface area contributed by atoms with Gasteiger partial charge in [0, 0.05) is 35.9 Å². The van der Waals surface area contributed by atoms with Gasteiger partial charge in [0.1, 0.15) is 0 Å². The van der Waals surface area contributed by atoms with Crippen LogP contribution in [0, 0.1) is 11.8 Å². The summed E-state index contributed by atoms with van der Waals surface area (Å²) in [7, 11) is 1.92. The van der Waals surface area contributed by atoms with E-state index in [2.05, 4.69) is 29.1 Å². The summed E-state index contributed by atoms with van der Waals surface area (Å²) in [4.78, 5) is 1.17. The Morgan fingerprint density at radius 3 is 3.05 bits per heavy atom. The van der Waals surface area contributed by atoms with Crippen LogP contribution in [0.25, 0.3) is 0 Å². The van der Waals surface area contributed by atoms with Crippen molar-refractivity contribution in [3.05, 3.63) is 47.8 Å². The van der Waals surface area contributed by atoms with Gasteiger partial charge in [0.15, 0.2) is 0 Å². The van der Waals surface area contributed by atoms with Gasteiger partial charge >= 0.3 is 0 Å². The molecule has 0 aliphatic heterocycles. The molecule has 1 heterocycles. The minimum Gasteiger partial charge on any atom is -0.395 e. The van der Waals surface area contributed by atoms with Crippen LogP contribution < -0.4 is 0 Å². The number of benzene rings is 1. The molecule has 0 atom stereocenters. The molecule has 0 aliphatic carbocycles. The molecule has 0 spiro atoms. The van der Waals surface area contributed by atoms with Gasteiger partial charge in [-0.2, -0.15) is 5.10 Å². The predicted molar refractivity (Wildman–Crippen MR) is 77.8 cm³/mol. The molecule has 3 nitrogen and oxygen atoms in total. The Bertz CT molecular complexity index is 595. The fraction of sp³-hybridized carbons (Fsp3) is 0.267. The van der Waals surface area contributed by atoms with Crippen LogP contribution in [0.5, 0.6) is 0 Å². The summed E-state index contributed by atoms with van der Waals surface area (Å²) in [6.07, 6.45) is 4.40. The molecular formula is C15H16N2OS. The van der Waals surface area contributed by atoms with Crippen LogP contribution in [-0.4, -0.2) is 21.5 Å². The van der Waals surface area contributed by atoms with Crippen LogP contribution in [0.15, 0.2) is 41.6 Å². The monoisotopic (exact) mass is 272 g/mol. The molecule has 1 N–H and O–H groups in total. The minimum atomic E-state index is 0.115. The standard InChI is InChI=1S/C15H16N2OS/c1-17-11-15(10-16-17)19-12-14-7-4-6-13(9-14)5-2-3-8-18/h4,6-7,9-11,18H,3,8,12H2,1H3. The van der Waals surface area contributed by atoms with E-state index < -0.39 is 0 Å². The fourth-order valence-corrected chi connectivity index (χ4v) is 2.46. The van der Waals surface area contributed by atoms with Gasteiger partial charge < -0.3 is 5.11 Å². The quantitative estimate of drug-likeness (QED) is 0.686. The minimum absolute atomic E-state index is 0.115. The van der Waals surface area contributed by atoms with Crippen molar-refractivity contribution in [3.63, 3.8) is 0 Å². The summed E-state index contributed by atoms with van der Waals surface area (Å²) >= 11 is 1.76. The highest BCUT2D eigenvalue weighted by atomic mass is 32.2. The van der Waals surface area contributed by atoms with Gasteiger partial charge in [0.25, 0.3) is 0 Å². The maximum Gasteiger partial charge on any atom is 0.0625 e. The summed E-state index contributed by atoms with van der Waals surface area (Å²) in [5.74, 6) is 6.89. The highest BCUT2D eigenvalue weighted by molar-refractivity contribution is 7.98. The number of rotatable bonds is 4. The Labute approximate surface area is 117 Å². The highest BCUT2D eigenvalue weighted by Crippen LogP contribution is 2.22. The summed E-state index contributed by atoms with van der Waals surface area (Å²) in [6, 6.07) is 8.19. The van der Waals surface area contributed by atoms with E-state index >= 15 is 0 Å². The van der Waals surface area contributed by atoms with Crippen molar-refractivity contribution in [2.45, 2.75) is 17.1 Å². The molecule has 2 aromatic rings. The van der Waals surface area contributed by atoms with Crippen molar-refractivity contribution in [3.8, 4) is 11.8 Å². The van der Waals surface area contributed by atoms with Crippen molar-refractivity contribution in [2.24, 2.45) is 7.05 Å².